The monoisotopic (exact) mass is 337 g/mol. The number of thiophene rings is 1. The van der Waals surface area contributed by atoms with Crippen LogP contribution in [0.15, 0.2) is 17.5 Å². The summed E-state index contributed by atoms with van der Waals surface area (Å²) in [6.07, 6.45) is 5.63. The van der Waals surface area contributed by atoms with Gasteiger partial charge >= 0.3 is 6.03 Å². The van der Waals surface area contributed by atoms with Crippen LogP contribution >= 0.6 is 11.3 Å². The van der Waals surface area contributed by atoms with Crippen LogP contribution in [0.4, 0.5) is 4.79 Å². The summed E-state index contributed by atoms with van der Waals surface area (Å²) in [7, 11) is 0. The van der Waals surface area contributed by atoms with E-state index in [1.165, 1.54) is 17.7 Å². The molecule has 1 atom stereocenters. The molecule has 1 saturated carbocycles. The molecule has 2 amide bonds. The first-order chi connectivity index (χ1) is 11.2. The van der Waals surface area contributed by atoms with E-state index in [9.17, 15) is 9.90 Å². The van der Waals surface area contributed by atoms with Crippen molar-refractivity contribution in [1.29, 1.82) is 0 Å². The molecule has 0 bridgehead atoms. The van der Waals surface area contributed by atoms with Crippen molar-refractivity contribution in [2.45, 2.75) is 56.7 Å². The van der Waals surface area contributed by atoms with E-state index in [2.05, 4.69) is 33.0 Å². The van der Waals surface area contributed by atoms with Gasteiger partial charge in [-0.15, -0.1) is 11.3 Å². The number of hydrogen-bond donors (Lipinski definition) is 3. The Morgan fingerprint density at radius 3 is 2.70 bits per heavy atom. The van der Waals surface area contributed by atoms with Gasteiger partial charge in [0.1, 0.15) is 0 Å². The van der Waals surface area contributed by atoms with Crippen LogP contribution in [0.2, 0.25) is 0 Å². The summed E-state index contributed by atoms with van der Waals surface area (Å²) in [4.78, 5) is 16.0. The van der Waals surface area contributed by atoms with Gasteiger partial charge in [-0.2, -0.15) is 0 Å². The lowest BCUT2D eigenvalue weighted by molar-refractivity contribution is 0.117. The van der Waals surface area contributed by atoms with E-state index in [1.807, 2.05) is 0 Å². The van der Waals surface area contributed by atoms with Crippen LogP contribution in [0.1, 0.15) is 49.4 Å². The molecule has 2 heterocycles. The summed E-state index contributed by atoms with van der Waals surface area (Å²) in [6, 6.07) is 4.65. The highest BCUT2D eigenvalue weighted by atomic mass is 32.1. The lowest BCUT2D eigenvalue weighted by Gasteiger charge is -2.29. The van der Waals surface area contributed by atoms with Gasteiger partial charge in [0, 0.05) is 17.5 Å². The highest BCUT2D eigenvalue weighted by molar-refractivity contribution is 7.10. The molecule has 0 radical (unpaired) electrons. The third-order valence-corrected chi connectivity index (χ3v) is 5.91. The first-order valence-electron chi connectivity index (χ1n) is 8.72. The summed E-state index contributed by atoms with van der Waals surface area (Å²) in [5.74, 6) is 0. The molecule has 1 aromatic heterocycles. The third kappa shape index (κ3) is 4.68. The number of nitrogens with zero attached hydrogens (tertiary/aromatic N) is 1. The molecule has 5 nitrogen and oxygen atoms in total. The highest BCUT2D eigenvalue weighted by Gasteiger charge is 2.25. The third-order valence-electron chi connectivity index (χ3n) is 4.94. The van der Waals surface area contributed by atoms with E-state index in [0.717, 1.165) is 38.8 Å². The Morgan fingerprint density at radius 2 is 2.04 bits per heavy atom. The molecule has 1 aromatic rings. The molecule has 6 heteroatoms. The summed E-state index contributed by atoms with van der Waals surface area (Å²) in [5, 5.41) is 17.7. The zero-order valence-corrected chi connectivity index (χ0v) is 14.4. The van der Waals surface area contributed by atoms with Crippen molar-refractivity contribution in [3.63, 3.8) is 0 Å². The first-order valence-corrected chi connectivity index (χ1v) is 9.60. The average molecular weight is 337 g/mol. The topological polar surface area (TPSA) is 64.6 Å². The minimum atomic E-state index is -0.186. The maximum atomic E-state index is 12.2. The van der Waals surface area contributed by atoms with Gasteiger partial charge in [0.15, 0.2) is 0 Å². The van der Waals surface area contributed by atoms with Crippen molar-refractivity contribution in [1.82, 2.24) is 15.5 Å². The van der Waals surface area contributed by atoms with Crippen molar-refractivity contribution in [2.75, 3.05) is 19.6 Å². The Labute approximate surface area is 142 Å². The zero-order chi connectivity index (χ0) is 16.1. The van der Waals surface area contributed by atoms with Crippen LogP contribution in [0.3, 0.4) is 0 Å². The van der Waals surface area contributed by atoms with Gasteiger partial charge in [-0.05, 0) is 63.1 Å². The molecular formula is C17H27N3O2S. The molecule has 0 unspecified atom stereocenters. The van der Waals surface area contributed by atoms with Crippen LogP contribution < -0.4 is 10.6 Å². The number of likely N-dealkylation sites (tertiary alicyclic amines) is 1. The number of hydrogen-bond acceptors (Lipinski definition) is 4. The number of nitrogens with one attached hydrogen (secondary N) is 2. The van der Waals surface area contributed by atoms with Crippen molar-refractivity contribution in [3.8, 4) is 0 Å². The van der Waals surface area contributed by atoms with Crippen LogP contribution in [0.5, 0.6) is 0 Å². The Morgan fingerprint density at radius 1 is 1.30 bits per heavy atom. The number of amides is 2. The summed E-state index contributed by atoms with van der Waals surface area (Å²) in [6.45, 7) is 2.89. The van der Waals surface area contributed by atoms with Gasteiger partial charge in [0.2, 0.25) is 0 Å². The molecule has 2 fully saturated rings. The van der Waals surface area contributed by atoms with Gasteiger partial charge in [0.25, 0.3) is 0 Å². The predicted molar refractivity (Wildman–Crippen MR) is 92.7 cm³/mol. The van der Waals surface area contributed by atoms with Crippen LogP contribution in [-0.2, 0) is 0 Å². The first kappa shape index (κ1) is 16.7. The molecule has 128 valence electrons. The van der Waals surface area contributed by atoms with E-state index in [-0.39, 0.29) is 24.2 Å². The van der Waals surface area contributed by atoms with E-state index in [0.29, 0.717) is 6.54 Å². The minimum Gasteiger partial charge on any atom is -0.393 e. The van der Waals surface area contributed by atoms with E-state index in [4.69, 9.17) is 0 Å². The fraction of sp³-hybridized carbons (Fsp3) is 0.706. The van der Waals surface area contributed by atoms with Crippen LogP contribution in [-0.4, -0.2) is 47.8 Å². The Bertz CT molecular complexity index is 480. The maximum absolute atomic E-state index is 12.2. The number of carbonyl (C=O) groups excluding carboxylic acids is 1. The Hall–Kier alpha value is -1.11. The van der Waals surface area contributed by atoms with Crippen molar-refractivity contribution < 1.29 is 9.90 Å². The molecule has 3 rings (SSSR count). The van der Waals surface area contributed by atoms with Crippen molar-refractivity contribution in [2.24, 2.45) is 0 Å². The van der Waals surface area contributed by atoms with E-state index >= 15 is 0 Å². The zero-order valence-electron chi connectivity index (χ0n) is 13.5. The van der Waals surface area contributed by atoms with Gasteiger partial charge in [-0.3, -0.25) is 4.90 Å². The number of aliphatic hydroxyl groups excluding tert-OH is 1. The van der Waals surface area contributed by atoms with Crippen molar-refractivity contribution >= 4 is 17.4 Å². The fourth-order valence-corrected chi connectivity index (χ4v) is 4.45. The molecular weight excluding hydrogens is 310 g/mol. The summed E-state index contributed by atoms with van der Waals surface area (Å²) in [5.41, 5.74) is 0. The van der Waals surface area contributed by atoms with Gasteiger partial charge < -0.3 is 15.7 Å². The summed E-state index contributed by atoms with van der Waals surface area (Å²) < 4.78 is 0. The standard InChI is InChI=1S/C17H27N3O2S/c21-14-7-5-13(6-8-14)19-17(22)18-12-15(16-4-3-11-23-16)20-9-1-2-10-20/h3-4,11,13-15,21H,1-2,5-10,12H2,(H2,18,19,22)/t13?,14?,15-/m1/s1. The van der Waals surface area contributed by atoms with Gasteiger partial charge in [-0.25, -0.2) is 4.79 Å². The molecule has 0 aromatic carbocycles. The van der Waals surface area contributed by atoms with E-state index in [1.54, 1.807) is 11.3 Å². The molecule has 23 heavy (non-hydrogen) atoms. The Kier molecular flexibility index (Phi) is 5.91. The predicted octanol–water partition coefficient (Wildman–Crippen LogP) is 2.49. The van der Waals surface area contributed by atoms with Crippen LogP contribution in [0, 0.1) is 0 Å². The SMILES string of the molecule is O=C(NC[C@H](c1cccs1)N1CCCC1)NC1CCC(O)CC1. The van der Waals surface area contributed by atoms with E-state index < -0.39 is 0 Å². The smallest absolute Gasteiger partial charge is 0.315 e. The minimum absolute atomic E-state index is 0.0767. The number of rotatable bonds is 5. The fourth-order valence-electron chi connectivity index (χ4n) is 3.59. The quantitative estimate of drug-likeness (QED) is 0.773. The maximum Gasteiger partial charge on any atom is 0.315 e. The van der Waals surface area contributed by atoms with Crippen LogP contribution in [0.25, 0.3) is 0 Å². The molecule has 0 spiro atoms. The second kappa shape index (κ2) is 8.13. The Balaban J connectivity index is 1.49. The second-order valence-electron chi connectivity index (χ2n) is 6.63. The lowest BCUT2D eigenvalue weighted by atomic mass is 9.93. The molecule has 1 aliphatic heterocycles. The largest absolute Gasteiger partial charge is 0.393 e. The van der Waals surface area contributed by atoms with Gasteiger partial charge in [0.05, 0.1) is 12.1 Å². The molecule has 1 saturated heterocycles. The lowest BCUT2D eigenvalue weighted by Crippen LogP contribution is -2.46. The normalized spacial score (nSPS) is 26.8. The number of urea groups is 1. The molecule has 2 aliphatic rings. The molecule has 3 N–H and O–H groups in total. The van der Waals surface area contributed by atoms with Gasteiger partial charge in [-0.1, -0.05) is 6.07 Å². The average Bonchev–Trinajstić information content (AvgIpc) is 3.24. The van der Waals surface area contributed by atoms with Crippen molar-refractivity contribution in [3.05, 3.63) is 22.4 Å². The highest BCUT2D eigenvalue weighted by Crippen LogP contribution is 2.27. The molecule has 1 aliphatic carbocycles. The second-order valence-corrected chi connectivity index (χ2v) is 7.61. The summed E-state index contributed by atoms with van der Waals surface area (Å²) >= 11 is 1.76. The number of aliphatic hydroxyl groups is 1. The number of carbonyl (C=O) groups is 1.